The van der Waals surface area contributed by atoms with Crippen molar-refractivity contribution < 1.29 is 9.59 Å². The van der Waals surface area contributed by atoms with Crippen LogP contribution in [-0.4, -0.2) is 34.8 Å². The van der Waals surface area contributed by atoms with E-state index in [0.717, 1.165) is 31.4 Å². The molecule has 0 spiro atoms. The van der Waals surface area contributed by atoms with Gasteiger partial charge in [0.05, 0.1) is 5.69 Å². The third-order valence-corrected chi connectivity index (χ3v) is 4.78. The lowest BCUT2D eigenvalue weighted by molar-refractivity contribution is -0.142. The number of rotatable bonds is 2. The third kappa shape index (κ3) is 1.94. The van der Waals surface area contributed by atoms with Crippen molar-refractivity contribution in [2.75, 3.05) is 5.01 Å². The van der Waals surface area contributed by atoms with Crippen LogP contribution in [0.25, 0.3) is 0 Å². The lowest BCUT2D eigenvalue weighted by atomic mass is 9.94. The zero-order valence-electron chi connectivity index (χ0n) is 12.3. The van der Waals surface area contributed by atoms with Crippen LogP contribution in [0.5, 0.6) is 0 Å². The van der Waals surface area contributed by atoms with Crippen molar-refractivity contribution in [3.05, 3.63) is 30.3 Å². The van der Waals surface area contributed by atoms with Crippen molar-refractivity contribution in [3.63, 3.8) is 0 Å². The van der Waals surface area contributed by atoms with Crippen molar-refractivity contribution in [1.29, 1.82) is 0 Å². The summed E-state index contributed by atoms with van der Waals surface area (Å²) in [6.45, 7) is 0. The average Bonchev–Trinajstić information content (AvgIpc) is 3.10. The van der Waals surface area contributed by atoms with Crippen LogP contribution >= 0.6 is 0 Å². The largest absolute Gasteiger partial charge is 0.276 e. The SMILES string of the molecule is O=C1C2N=NN(c3ccccc3)C2C(=O)N1C1CCCCC1. The summed E-state index contributed by atoms with van der Waals surface area (Å²) in [5.74, 6) is -0.320. The van der Waals surface area contributed by atoms with E-state index in [1.54, 1.807) is 5.01 Å². The molecule has 1 aromatic rings. The highest BCUT2D eigenvalue weighted by Crippen LogP contribution is 2.35. The number of nitrogens with zero attached hydrogens (tertiary/aromatic N) is 4. The molecule has 1 saturated heterocycles. The van der Waals surface area contributed by atoms with Crippen LogP contribution in [0.1, 0.15) is 32.1 Å². The van der Waals surface area contributed by atoms with E-state index in [9.17, 15) is 9.59 Å². The second-order valence-corrected chi connectivity index (χ2v) is 6.11. The Kier molecular flexibility index (Phi) is 3.17. The molecule has 2 aliphatic heterocycles. The molecule has 2 amide bonds. The van der Waals surface area contributed by atoms with Crippen LogP contribution in [0.3, 0.4) is 0 Å². The summed E-state index contributed by atoms with van der Waals surface area (Å²) in [5.41, 5.74) is 0.797. The van der Waals surface area contributed by atoms with Crippen molar-refractivity contribution in [2.24, 2.45) is 10.3 Å². The Labute approximate surface area is 128 Å². The molecule has 0 aromatic heterocycles. The number of anilines is 1. The monoisotopic (exact) mass is 298 g/mol. The summed E-state index contributed by atoms with van der Waals surface area (Å²) in [6, 6.07) is 8.21. The molecule has 6 nitrogen and oxygen atoms in total. The highest BCUT2D eigenvalue weighted by atomic mass is 16.2. The quantitative estimate of drug-likeness (QED) is 0.787. The Balaban J connectivity index is 1.62. The Hall–Kier alpha value is -2.24. The fourth-order valence-corrected chi connectivity index (χ4v) is 3.67. The second kappa shape index (κ2) is 5.19. The number of imide groups is 1. The summed E-state index contributed by atoms with van der Waals surface area (Å²) >= 11 is 0. The number of hydrogen-bond donors (Lipinski definition) is 0. The minimum absolute atomic E-state index is 0.0483. The van der Waals surface area contributed by atoms with Crippen molar-refractivity contribution in [2.45, 2.75) is 50.2 Å². The molecule has 2 fully saturated rings. The van der Waals surface area contributed by atoms with Gasteiger partial charge in [0.2, 0.25) is 0 Å². The van der Waals surface area contributed by atoms with Gasteiger partial charge in [0.15, 0.2) is 12.1 Å². The van der Waals surface area contributed by atoms with Crippen molar-refractivity contribution >= 4 is 17.5 Å². The standard InChI is InChI=1S/C16H18N4O2/c21-15-13-14(16(22)19(15)11-7-3-1-4-8-11)20(18-17-13)12-9-5-2-6-10-12/h2,5-6,9-11,13-14H,1,3-4,7-8H2. The van der Waals surface area contributed by atoms with Crippen molar-refractivity contribution in [1.82, 2.24) is 4.90 Å². The first-order valence-corrected chi connectivity index (χ1v) is 7.89. The van der Waals surface area contributed by atoms with Gasteiger partial charge >= 0.3 is 0 Å². The minimum Gasteiger partial charge on any atom is -0.276 e. The molecular weight excluding hydrogens is 280 g/mol. The molecule has 0 N–H and O–H groups in total. The van der Waals surface area contributed by atoms with Gasteiger partial charge in [-0.2, -0.15) is 5.11 Å². The van der Waals surface area contributed by atoms with E-state index < -0.39 is 12.1 Å². The number of benzene rings is 1. The maximum Gasteiger partial charge on any atom is 0.259 e. The van der Waals surface area contributed by atoms with Gasteiger partial charge < -0.3 is 0 Å². The van der Waals surface area contributed by atoms with Crippen LogP contribution in [0, 0.1) is 0 Å². The third-order valence-electron chi connectivity index (χ3n) is 4.78. The highest BCUT2D eigenvalue weighted by Gasteiger charge is 2.56. The Morgan fingerprint density at radius 2 is 1.68 bits per heavy atom. The van der Waals surface area contributed by atoms with Gasteiger partial charge in [-0.25, -0.2) is 5.01 Å². The fraction of sp³-hybridized carbons (Fsp3) is 0.500. The average molecular weight is 298 g/mol. The molecule has 1 saturated carbocycles. The van der Waals surface area contributed by atoms with Gasteiger partial charge in [-0.3, -0.25) is 14.5 Å². The first kappa shape index (κ1) is 13.4. The molecule has 2 unspecified atom stereocenters. The molecule has 1 aromatic carbocycles. The lowest BCUT2D eigenvalue weighted by Gasteiger charge is -2.30. The second-order valence-electron chi connectivity index (χ2n) is 6.11. The first-order chi connectivity index (χ1) is 10.8. The summed E-state index contributed by atoms with van der Waals surface area (Å²) in [4.78, 5) is 26.9. The van der Waals surface area contributed by atoms with E-state index in [2.05, 4.69) is 10.3 Å². The molecule has 4 rings (SSSR count). The molecule has 2 heterocycles. The highest BCUT2D eigenvalue weighted by molar-refractivity contribution is 6.11. The van der Waals surface area contributed by atoms with Gasteiger partial charge in [-0.05, 0) is 25.0 Å². The molecule has 0 bridgehead atoms. The van der Waals surface area contributed by atoms with E-state index in [0.29, 0.717) is 0 Å². The molecule has 2 atom stereocenters. The topological polar surface area (TPSA) is 65.3 Å². The summed E-state index contributed by atoms with van der Waals surface area (Å²) < 4.78 is 0. The first-order valence-electron chi connectivity index (χ1n) is 7.89. The number of fused-ring (bicyclic) bond motifs is 1. The van der Waals surface area contributed by atoms with Crippen molar-refractivity contribution in [3.8, 4) is 0 Å². The molecule has 1 aliphatic carbocycles. The Morgan fingerprint density at radius 3 is 2.41 bits per heavy atom. The number of likely N-dealkylation sites (tertiary alicyclic amines) is 1. The Bertz CT molecular complexity index is 624. The molecule has 114 valence electrons. The van der Waals surface area contributed by atoms with E-state index in [1.807, 2.05) is 30.3 Å². The van der Waals surface area contributed by atoms with Gasteiger partial charge in [-0.1, -0.05) is 42.7 Å². The number of carbonyl (C=O) groups excluding carboxylic acids is 2. The molecular formula is C16H18N4O2. The Morgan fingerprint density at radius 1 is 0.955 bits per heavy atom. The molecule has 22 heavy (non-hydrogen) atoms. The number of carbonyl (C=O) groups is 2. The van der Waals surface area contributed by atoms with E-state index in [4.69, 9.17) is 0 Å². The van der Waals surface area contributed by atoms with Crippen LogP contribution in [0.15, 0.2) is 40.7 Å². The predicted octanol–water partition coefficient (Wildman–Crippen LogP) is 2.31. The maximum atomic E-state index is 12.8. The smallest absolute Gasteiger partial charge is 0.259 e. The zero-order chi connectivity index (χ0) is 15.1. The summed E-state index contributed by atoms with van der Waals surface area (Å²) in [5, 5.41) is 9.72. The van der Waals surface area contributed by atoms with Gasteiger partial charge in [0.25, 0.3) is 11.8 Å². The molecule has 3 aliphatic rings. The fourth-order valence-electron chi connectivity index (χ4n) is 3.67. The maximum absolute atomic E-state index is 12.8. The van der Waals surface area contributed by atoms with Gasteiger partial charge in [-0.15, -0.1) is 0 Å². The van der Waals surface area contributed by atoms with E-state index in [-0.39, 0.29) is 17.9 Å². The van der Waals surface area contributed by atoms with Crippen LogP contribution in [0.2, 0.25) is 0 Å². The van der Waals surface area contributed by atoms with Crippen LogP contribution < -0.4 is 5.01 Å². The minimum atomic E-state index is -0.672. The predicted molar refractivity (Wildman–Crippen MR) is 80.1 cm³/mol. The number of amides is 2. The zero-order valence-corrected chi connectivity index (χ0v) is 12.3. The number of hydrogen-bond acceptors (Lipinski definition) is 5. The van der Waals surface area contributed by atoms with Gasteiger partial charge in [0.1, 0.15) is 0 Å². The van der Waals surface area contributed by atoms with Crippen LogP contribution in [-0.2, 0) is 9.59 Å². The lowest BCUT2D eigenvalue weighted by Crippen LogP contribution is -2.44. The normalized spacial score (nSPS) is 28.5. The molecule has 6 heteroatoms. The van der Waals surface area contributed by atoms with E-state index in [1.165, 1.54) is 11.3 Å². The van der Waals surface area contributed by atoms with E-state index >= 15 is 0 Å². The molecule has 0 radical (unpaired) electrons. The summed E-state index contributed by atoms with van der Waals surface area (Å²) in [6.07, 6.45) is 5.19. The van der Waals surface area contributed by atoms with Gasteiger partial charge in [0, 0.05) is 6.04 Å². The number of para-hydroxylation sites is 1. The summed E-state index contributed by atoms with van der Waals surface area (Å²) in [7, 11) is 0. The van der Waals surface area contributed by atoms with Crippen LogP contribution in [0.4, 0.5) is 5.69 Å².